The van der Waals surface area contributed by atoms with Gasteiger partial charge in [0, 0.05) is 6.42 Å². The van der Waals surface area contributed by atoms with Gasteiger partial charge in [0.2, 0.25) is 0 Å². The maximum absolute atomic E-state index is 3.89. The first-order chi connectivity index (χ1) is 5.52. The average Bonchev–Trinajstić information content (AvgIpc) is 1.95. The third-order valence-electron chi connectivity index (χ3n) is 2.37. The third kappa shape index (κ3) is 4.55. The fourth-order valence-electron chi connectivity index (χ4n) is 1.42. The van der Waals surface area contributed by atoms with Gasteiger partial charge in [0.1, 0.15) is 6.04 Å². The molecule has 0 aromatic heterocycles. The van der Waals surface area contributed by atoms with E-state index >= 15 is 0 Å². The Kier molecular flexibility index (Phi) is 5.23. The molecule has 0 radical (unpaired) electrons. The molecule has 1 heteroatoms. The van der Waals surface area contributed by atoms with Gasteiger partial charge in [-0.2, -0.15) is 0 Å². The maximum atomic E-state index is 3.89. The third-order valence-corrected chi connectivity index (χ3v) is 2.37. The molecule has 0 fully saturated rings. The molecule has 0 saturated heterocycles. The fourth-order valence-corrected chi connectivity index (χ4v) is 1.42. The molecule has 1 atom stereocenters. The fraction of sp³-hybridized carbons (Fsp3) is 0.818. The number of nitrogens with zero attached hydrogens (tertiary/aromatic N) is 1. The van der Waals surface area contributed by atoms with Crippen molar-refractivity contribution in [3.63, 3.8) is 0 Å². The summed E-state index contributed by atoms with van der Waals surface area (Å²) >= 11 is 0. The van der Waals surface area contributed by atoms with Gasteiger partial charge in [-0.3, -0.25) is 0 Å². The number of unbranched alkanes of at least 4 members (excludes halogenated alkanes) is 2. The summed E-state index contributed by atoms with van der Waals surface area (Å²) in [6.07, 6.45) is 7.37. The van der Waals surface area contributed by atoms with Crippen LogP contribution < -0.4 is 0 Å². The van der Waals surface area contributed by atoms with Crippen molar-refractivity contribution in [2.75, 3.05) is 21.1 Å². The second kappa shape index (κ2) is 5.36. The molecule has 1 nitrogen and oxygen atoms in total. The molecule has 0 heterocycles. The van der Waals surface area contributed by atoms with Crippen molar-refractivity contribution in [2.45, 2.75) is 38.6 Å². The first kappa shape index (κ1) is 11.7. The second-order valence-corrected chi connectivity index (χ2v) is 4.42. The van der Waals surface area contributed by atoms with Crippen LogP contribution in [-0.4, -0.2) is 31.7 Å². The molecule has 1 unspecified atom stereocenters. The van der Waals surface area contributed by atoms with Gasteiger partial charge in [0.15, 0.2) is 0 Å². The second-order valence-electron chi connectivity index (χ2n) is 4.42. The van der Waals surface area contributed by atoms with Crippen LogP contribution in [0.1, 0.15) is 32.6 Å². The van der Waals surface area contributed by atoms with Crippen molar-refractivity contribution in [3.05, 3.63) is 12.7 Å². The summed E-state index contributed by atoms with van der Waals surface area (Å²) in [5, 5.41) is 0. The van der Waals surface area contributed by atoms with Gasteiger partial charge >= 0.3 is 0 Å². The van der Waals surface area contributed by atoms with Crippen LogP contribution in [0, 0.1) is 0 Å². The molecule has 0 N–H and O–H groups in total. The summed E-state index contributed by atoms with van der Waals surface area (Å²) in [7, 11) is 6.70. The molecule has 0 aliphatic carbocycles. The van der Waals surface area contributed by atoms with E-state index in [1.54, 1.807) is 0 Å². The Balaban J connectivity index is 3.76. The molecule has 0 aliphatic rings. The first-order valence-electron chi connectivity index (χ1n) is 4.96. The van der Waals surface area contributed by atoms with Crippen LogP contribution in [0.3, 0.4) is 0 Å². The van der Waals surface area contributed by atoms with Gasteiger partial charge in [0.25, 0.3) is 0 Å². The highest BCUT2D eigenvalue weighted by Crippen LogP contribution is 2.12. The minimum absolute atomic E-state index is 0.622. The highest BCUT2D eigenvalue weighted by molar-refractivity contribution is 4.79. The first-order valence-corrected chi connectivity index (χ1v) is 4.96. The van der Waals surface area contributed by atoms with E-state index in [1.165, 1.54) is 25.7 Å². The van der Waals surface area contributed by atoms with Crippen molar-refractivity contribution in [1.82, 2.24) is 0 Å². The Labute approximate surface area is 77.7 Å². The van der Waals surface area contributed by atoms with E-state index in [1.807, 2.05) is 0 Å². The van der Waals surface area contributed by atoms with Gasteiger partial charge in [-0.15, -0.1) is 0 Å². The van der Waals surface area contributed by atoms with Gasteiger partial charge < -0.3 is 4.48 Å². The zero-order chi connectivity index (χ0) is 9.61. The van der Waals surface area contributed by atoms with Gasteiger partial charge in [-0.05, 0) is 12.5 Å². The van der Waals surface area contributed by atoms with Crippen molar-refractivity contribution in [2.24, 2.45) is 0 Å². The Morgan fingerprint density at radius 3 is 2.17 bits per heavy atom. The monoisotopic (exact) mass is 170 g/mol. The zero-order valence-corrected chi connectivity index (χ0v) is 9.14. The van der Waals surface area contributed by atoms with Crippen LogP contribution in [0.15, 0.2) is 12.7 Å². The smallest absolute Gasteiger partial charge is 0.107 e. The lowest BCUT2D eigenvalue weighted by atomic mass is 10.1. The van der Waals surface area contributed by atoms with Gasteiger partial charge in [-0.25, -0.2) is 0 Å². The SMILES string of the molecule is C=CC(CCCCC)[N+](C)(C)C. The number of rotatable bonds is 6. The minimum Gasteiger partial charge on any atom is -0.325 e. The van der Waals surface area contributed by atoms with Crippen LogP contribution in [0.5, 0.6) is 0 Å². The van der Waals surface area contributed by atoms with Crippen LogP contribution in [0.25, 0.3) is 0 Å². The molecular weight excluding hydrogens is 146 g/mol. The van der Waals surface area contributed by atoms with Crippen LogP contribution >= 0.6 is 0 Å². The van der Waals surface area contributed by atoms with Crippen LogP contribution in [-0.2, 0) is 0 Å². The molecule has 0 aromatic carbocycles. The summed E-state index contributed by atoms with van der Waals surface area (Å²) in [5.74, 6) is 0. The molecule has 12 heavy (non-hydrogen) atoms. The highest BCUT2D eigenvalue weighted by atomic mass is 15.3. The lowest BCUT2D eigenvalue weighted by molar-refractivity contribution is -0.889. The lowest BCUT2D eigenvalue weighted by Gasteiger charge is -2.32. The lowest BCUT2D eigenvalue weighted by Crippen LogP contribution is -2.43. The predicted molar refractivity (Wildman–Crippen MR) is 56.2 cm³/mol. The Bertz CT molecular complexity index is 121. The molecule has 0 saturated carbocycles. The number of hydrogen-bond donors (Lipinski definition) is 0. The molecule has 72 valence electrons. The predicted octanol–water partition coefficient (Wildman–Crippen LogP) is 2.83. The average molecular weight is 170 g/mol. The van der Waals surface area contributed by atoms with Crippen LogP contribution in [0.4, 0.5) is 0 Å². The summed E-state index contributed by atoms with van der Waals surface area (Å²) in [6.45, 7) is 6.14. The number of hydrogen-bond acceptors (Lipinski definition) is 0. The molecule has 0 bridgehead atoms. The quantitative estimate of drug-likeness (QED) is 0.327. The van der Waals surface area contributed by atoms with Crippen molar-refractivity contribution in [1.29, 1.82) is 0 Å². The Morgan fingerprint density at radius 1 is 1.25 bits per heavy atom. The maximum Gasteiger partial charge on any atom is 0.107 e. The topological polar surface area (TPSA) is 0 Å². The summed E-state index contributed by atoms with van der Waals surface area (Å²) in [6, 6.07) is 0.622. The number of likely N-dealkylation sites (N-methyl/N-ethyl adjacent to an activating group) is 1. The van der Waals surface area contributed by atoms with E-state index < -0.39 is 0 Å². The van der Waals surface area contributed by atoms with E-state index in [4.69, 9.17) is 0 Å². The Morgan fingerprint density at radius 2 is 1.83 bits per heavy atom. The molecule has 0 amide bonds. The molecule has 0 spiro atoms. The van der Waals surface area contributed by atoms with Crippen molar-refractivity contribution < 1.29 is 4.48 Å². The van der Waals surface area contributed by atoms with Gasteiger partial charge in [0.05, 0.1) is 21.1 Å². The normalized spacial score (nSPS) is 14.3. The Hall–Kier alpha value is -0.300. The van der Waals surface area contributed by atoms with E-state index in [9.17, 15) is 0 Å². The zero-order valence-electron chi connectivity index (χ0n) is 9.14. The molecule has 0 aliphatic heterocycles. The molecule has 0 aromatic rings. The summed E-state index contributed by atoms with van der Waals surface area (Å²) in [4.78, 5) is 0. The standard InChI is InChI=1S/C11H24N/c1-6-8-9-10-11(7-2)12(3,4)5/h7,11H,2,6,8-10H2,1,3-5H3/q+1. The summed E-state index contributed by atoms with van der Waals surface area (Å²) in [5.41, 5.74) is 0. The van der Waals surface area contributed by atoms with E-state index in [2.05, 4.69) is 40.7 Å². The largest absolute Gasteiger partial charge is 0.325 e. The molecular formula is C11H24N+. The van der Waals surface area contributed by atoms with E-state index in [-0.39, 0.29) is 0 Å². The van der Waals surface area contributed by atoms with E-state index in [0.717, 1.165) is 4.48 Å². The highest BCUT2D eigenvalue weighted by Gasteiger charge is 2.18. The van der Waals surface area contributed by atoms with E-state index in [0.29, 0.717) is 6.04 Å². The van der Waals surface area contributed by atoms with Crippen molar-refractivity contribution in [3.8, 4) is 0 Å². The number of quaternary nitrogens is 1. The van der Waals surface area contributed by atoms with Crippen molar-refractivity contribution >= 4 is 0 Å². The minimum atomic E-state index is 0.622. The van der Waals surface area contributed by atoms with Crippen LogP contribution in [0.2, 0.25) is 0 Å². The summed E-state index contributed by atoms with van der Waals surface area (Å²) < 4.78 is 1.01. The molecule has 0 rings (SSSR count). The van der Waals surface area contributed by atoms with Gasteiger partial charge in [-0.1, -0.05) is 26.3 Å².